The molecule has 0 unspecified atom stereocenters. The van der Waals surface area contributed by atoms with Gasteiger partial charge in [-0.25, -0.2) is 14.6 Å². The van der Waals surface area contributed by atoms with Crippen LogP contribution in [0.1, 0.15) is 30.1 Å². The first kappa shape index (κ1) is 15.9. The maximum absolute atomic E-state index is 12.8. The summed E-state index contributed by atoms with van der Waals surface area (Å²) in [4.78, 5) is 25.0. The third-order valence-electron chi connectivity index (χ3n) is 3.29. The standard InChI is InChI=1S/C15H18FN3O3/c1-2-22-15(21)19-9-7-13(8-10-19)17-18-14(20)11-3-5-12(16)6-4-11/h3-6H,2,7-10H2,1H3,(H,18,20). The first-order valence-corrected chi connectivity index (χ1v) is 7.13. The Kier molecular flexibility index (Phi) is 5.46. The summed E-state index contributed by atoms with van der Waals surface area (Å²) in [7, 11) is 0. The number of ether oxygens (including phenoxy) is 1. The maximum atomic E-state index is 12.8. The van der Waals surface area contributed by atoms with Crippen LogP contribution in [0, 0.1) is 5.82 Å². The molecule has 1 aromatic rings. The molecule has 0 aromatic heterocycles. The predicted molar refractivity (Wildman–Crippen MR) is 79.1 cm³/mol. The molecule has 1 aliphatic rings. The highest BCUT2D eigenvalue weighted by Gasteiger charge is 2.20. The summed E-state index contributed by atoms with van der Waals surface area (Å²) in [6.07, 6.45) is 0.849. The summed E-state index contributed by atoms with van der Waals surface area (Å²) >= 11 is 0. The van der Waals surface area contributed by atoms with E-state index in [1.54, 1.807) is 11.8 Å². The quantitative estimate of drug-likeness (QED) is 0.870. The fourth-order valence-electron chi connectivity index (χ4n) is 2.07. The van der Waals surface area contributed by atoms with Crippen LogP contribution in [-0.2, 0) is 4.74 Å². The van der Waals surface area contributed by atoms with Crippen molar-refractivity contribution >= 4 is 17.7 Å². The van der Waals surface area contributed by atoms with E-state index in [0.717, 1.165) is 5.71 Å². The Hall–Kier alpha value is -2.44. The van der Waals surface area contributed by atoms with E-state index in [2.05, 4.69) is 10.5 Å². The summed E-state index contributed by atoms with van der Waals surface area (Å²) in [5, 5.41) is 4.07. The van der Waals surface area contributed by atoms with Crippen molar-refractivity contribution in [2.45, 2.75) is 19.8 Å². The zero-order valence-electron chi connectivity index (χ0n) is 12.3. The molecule has 1 heterocycles. The minimum Gasteiger partial charge on any atom is -0.450 e. The van der Waals surface area contributed by atoms with Gasteiger partial charge in [0.05, 0.1) is 6.61 Å². The number of carbonyl (C=O) groups excluding carboxylic acids is 2. The van der Waals surface area contributed by atoms with Crippen LogP contribution in [0.2, 0.25) is 0 Å². The Morgan fingerprint density at radius 3 is 2.50 bits per heavy atom. The highest BCUT2D eigenvalue weighted by atomic mass is 19.1. The largest absolute Gasteiger partial charge is 0.450 e. The average Bonchev–Trinajstić information content (AvgIpc) is 2.54. The average molecular weight is 307 g/mol. The van der Waals surface area contributed by atoms with Crippen LogP contribution < -0.4 is 5.43 Å². The minimum atomic E-state index is -0.394. The van der Waals surface area contributed by atoms with Crippen molar-refractivity contribution in [1.29, 1.82) is 0 Å². The van der Waals surface area contributed by atoms with E-state index in [1.165, 1.54) is 24.3 Å². The van der Waals surface area contributed by atoms with Gasteiger partial charge >= 0.3 is 6.09 Å². The molecule has 22 heavy (non-hydrogen) atoms. The van der Waals surface area contributed by atoms with Crippen molar-refractivity contribution in [2.75, 3.05) is 19.7 Å². The van der Waals surface area contributed by atoms with Crippen LogP contribution in [0.15, 0.2) is 29.4 Å². The molecule has 2 rings (SSSR count). The predicted octanol–water partition coefficient (Wildman–Crippen LogP) is 2.16. The first-order valence-electron chi connectivity index (χ1n) is 7.13. The zero-order valence-corrected chi connectivity index (χ0v) is 12.3. The second kappa shape index (κ2) is 7.53. The fraction of sp³-hybridized carbons (Fsp3) is 0.400. The molecule has 0 atom stereocenters. The molecule has 0 radical (unpaired) electrons. The normalized spacial score (nSPS) is 14.5. The third kappa shape index (κ3) is 4.28. The van der Waals surface area contributed by atoms with Crippen LogP contribution >= 0.6 is 0 Å². The van der Waals surface area contributed by atoms with Crippen LogP contribution in [0.4, 0.5) is 9.18 Å². The van der Waals surface area contributed by atoms with Gasteiger partial charge in [0.1, 0.15) is 5.82 Å². The number of carbonyl (C=O) groups is 2. The lowest BCUT2D eigenvalue weighted by molar-refractivity contribution is 0.0951. The number of hydrazone groups is 1. The number of hydrogen-bond acceptors (Lipinski definition) is 4. The van der Waals surface area contributed by atoms with Crippen molar-refractivity contribution < 1.29 is 18.7 Å². The summed E-state index contributed by atoms with van der Waals surface area (Å²) < 4.78 is 17.7. The van der Waals surface area contributed by atoms with Crippen LogP contribution in [0.5, 0.6) is 0 Å². The second-order valence-electron chi connectivity index (χ2n) is 4.81. The van der Waals surface area contributed by atoms with E-state index in [9.17, 15) is 14.0 Å². The van der Waals surface area contributed by atoms with Gasteiger partial charge in [0.2, 0.25) is 0 Å². The Morgan fingerprint density at radius 2 is 1.91 bits per heavy atom. The lowest BCUT2D eigenvalue weighted by Gasteiger charge is -2.26. The molecule has 1 aliphatic heterocycles. The monoisotopic (exact) mass is 307 g/mol. The van der Waals surface area contributed by atoms with Gasteiger partial charge in [0, 0.05) is 37.2 Å². The van der Waals surface area contributed by atoms with Crippen molar-refractivity contribution in [2.24, 2.45) is 5.10 Å². The number of halogens is 1. The van der Waals surface area contributed by atoms with Gasteiger partial charge in [-0.15, -0.1) is 0 Å². The SMILES string of the molecule is CCOC(=O)N1CCC(=NNC(=O)c2ccc(F)cc2)CC1. The highest BCUT2D eigenvalue weighted by Crippen LogP contribution is 2.09. The molecule has 0 spiro atoms. The Morgan fingerprint density at radius 1 is 1.27 bits per heavy atom. The van der Waals surface area contributed by atoms with Crippen LogP contribution in [0.25, 0.3) is 0 Å². The third-order valence-corrected chi connectivity index (χ3v) is 3.29. The van der Waals surface area contributed by atoms with Gasteiger partial charge in [-0.1, -0.05) is 0 Å². The Bertz CT molecular complexity index is 562. The number of piperidine rings is 1. The molecule has 6 nitrogen and oxygen atoms in total. The lowest BCUT2D eigenvalue weighted by atomic mass is 10.1. The van der Waals surface area contributed by atoms with Gasteiger partial charge in [-0.3, -0.25) is 4.79 Å². The molecule has 1 fully saturated rings. The molecular formula is C15H18FN3O3. The Balaban J connectivity index is 1.84. The Labute approximate surface area is 127 Å². The van der Waals surface area contributed by atoms with Gasteiger partial charge < -0.3 is 9.64 Å². The van der Waals surface area contributed by atoms with Crippen LogP contribution in [0.3, 0.4) is 0 Å². The van der Waals surface area contributed by atoms with E-state index in [4.69, 9.17) is 4.74 Å². The molecule has 118 valence electrons. The topological polar surface area (TPSA) is 71.0 Å². The molecule has 7 heteroatoms. The lowest BCUT2D eigenvalue weighted by Crippen LogP contribution is -2.39. The van der Waals surface area contributed by atoms with E-state index in [0.29, 0.717) is 38.1 Å². The van der Waals surface area contributed by atoms with Gasteiger partial charge in [0.25, 0.3) is 5.91 Å². The van der Waals surface area contributed by atoms with Crippen molar-refractivity contribution in [3.63, 3.8) is 0 Å². The second-order valence-corrected chi connectivity index (χ2v) is 4.81. The summed E-state index contributed by atoms with van der Waals surface area (Å²) in [6, 6.07) is 5.24. The van der Waals surface area contributed by atoms with Crippen molar-refractivity contribution in [3.05, 3.63) is 35.6 Å². The number of nitrogens with zero attached hydrogens (tertiary/aromatic N) is 2. The molecule has 1 N–H and O–H groups in total. The van der Waals surface area contributed by atoms with E-state index >= 15 is 0 Å². The fourth-order valence-corrected chi connectivity index (χ4v) is 2.07. The highest BCUT2D eigenvalue weighted by molar-refractivity contribution is 5.95. The number of nitrogens with one attached hydrogen (secondary N) is 1. The zero-order chi connectivity index (χ0) is 15.9. The molecule has 0 aliphatic carbocycles. The van der Waals surface area contributed by atoms with E-state index < -0.39 is 5.82 Å². The minimum absolute atomic E-state index is 0.322. The molecule has 0 saturated carbocycles. The summed E-state index contributed by atoms with van der Waals surface area (Å²) in [5.41, 5.74) is 3.61. The number of benzene rings is 1. The van der Waals surface area contributed by atoms with Crippen molar-refractivity contribution in [1.82, 2.24) is 10.3 Å². The summed E-state index contributed by atoms with van der Waals surface area (Å²) in [6.45, 7) is 3.15. The number of rotatable bonds is 3. The van der Waals surface area contributed by atoms with E-state index in [-0.39, 0.29) is 12.0 Å². The van der Waals surface area contributed by atoms with Gasteiger partial charge in [-0.05, 0) is 31.2 Å². The first-order chi connectivity index (χ1) is 10.6. The smallest absolute Gasteiger partial charge is 0.409 e. The molecule has 0 bridgehead atoms. The van der Waals surface area contributed by atoms with Crippen molar-refractivity contribution in [3.8, 4) is 0 Å². The van der Waals surface area contributed by atoms with Gasteiger partial charge in [-0.2, -0.15) is 5.10 Å². The molecule has 1 aromatic carbocycles. The summed E-state index contributed by atoms with van der Waals surface area (Å²) in [5.74, 6) is -0.783. The van der Waals surface area contributed by atoms with Gasteiger partial charge in [0.15, 0.2) is 0 Å². The van der Waals surface area contributed by atoms with E-state index in [1.807, 2.05) is 0 Å². The number of amides is 2. The number of likely N-dealkylation sites (tertiary alicyclic amines) is 1. The molecule has 2 amide bonds. The number of hydrogen-bond donors (Lipinski definition) is 1. The molecular weight excluding hydrogens is 289 g/mol. The molecule has 1 saturated heterocycles. The maximum Gasteiger partial charge on any atom is 0.409 e. The van der Waals surface area contributed by atoms with Crippen LogP contribution in [-0.4, -0.2) is 42.3 Å².